The summed E-state index contributed by atoms with van der Waals surface area (Å²) in [7, 11) is 0. The summed E-state index contributed by atoms with van der Waals surface area (Å²) in [6, 6.07) is 7.90. The number of halogens is 1. The fourth-order valence-corrected chi connectivity index (χ4v) is 1.57. The van der Waals surface area contributed by atoms with E-state index in [2.05, 4.69) is 4.98 Å². The number of nitrogens with zero attached hydrogens (tertiary/aromatic N) is 1. The quantitative estimate of drug-likeness (QED) is 0.919. The molecule has 2 aromatic rings. The third kappa shape index (κ3) is 3.07. The summed E-state index contributed by atoms with van der Waals surface area (Å²) in [4.78, 5) is 14.5. The Balaban J connectivity index is 2.12. The van der Waals surface area contributed by atoms with Gasteiger partial charge in [-0.25, -0.2) is 14.2 Å². The number of pyridine rings is 1. The van der Waals surface area contributed by atoms with Crippen LogP contribution in [0, 0.1) is 12.7 Å². The van der Waals surface area contributed by atoms with Crippen LogP contribution in [-0.2, 0) is 6.61 Å². The minimum Gasteiger partial charge on any atom is -0.486 e. The molecule has 1 aromatic carbocycles. The van der Waals surface area contributed by atoms with E-state index in [9.17, 15) is 9.18 Å². The van der Waals surface area contributed by atoms with E-state index in [0.29, 0.717) is 11.1 Å². The molecule has 19 heavy (non-hydrogen) atoms. The van der Waals surface area contributed by atoms with Crippen molar-refractivity contribution in [2.24, 2.45) is 0 Å². The van der Waals surface area contributed by atoms with Crippen LogP contribution in [-0.4, -0.2) is 16.1 Å². The molecular weight excluding hydrogens is 249 g/mol. The van der Waals surface area contributed by atoms with Gasteiger partial charge in [-0.15, -0.1) is 0 Å². The summed E-state index contributed by atoms with van der Waals surface area (Å²) in [6.07, 6.45) is 1.38. The number of ether oxygens (including phenoxy) is 1. The zero-order chi connectivity index (χ0) is 13.8. The number of aryl methyl sites for hydroxylation is 1. The first kappa shape index (κ1) is 13.0. The van der Waals surface area contributed by atoms with Gasteiger partial charge in [-0.2, -0.15) is 0 Å². The van der Waals surface area contributed by atoms with Crippen LogP contribution in [0.2, 0.25) is 0 Å². The van der Waals surface area contributed by atoms with E-state index in [1.807, 2.05) is 0 Å². The number of aromatic carboxylic acids is 1. The summed E-state index contributed by atoms with van der Waals surface area (Å²) in [5.41, 5.74) is 1.05. The lowest BCUT2D eigenvalue weighted by Gasteiger charge is -2.08. The summed E-state index contributed by atoms with van der Waals surface area (Å²) in [5.74, 6) is -1.37. The molecule has 0 unspecified atom stereocenters. The number of hydrogen-bond donors (Lipinski definition) is 1. The molecule has 0 amide bonds. The summed E-state index contributed by atoms with van der Waals surface area (Å²) >= 11 is 0. The zero-order valence-corrected chi connectivity index (χ0v) is 10.3. The van der Waals surface area contributed by atoms with Crippen molar-refractivity contribution in [2.75, 3.05) is 0 Å². The van der Waals surface area contributed by atoms with Gasteiger partial charge >= 0.3 is 5.97 Å². The van der Waals surface area contributed by atoms with Crippen molar-refractivity contribution in [2.45, 2.75) is 13.5 Å². The van der Waals surface area contributed by atoms with Crippen LogP contribution in [0.1, 0.15) is 21.6 Å². The average molecular weight is 261 g/mol. The predicted octanol–water partition coefficient (Wildman–Crippen LogP) is 2.81. The van der Waals surface area contributed by atoms with Crippen LogP contribution in [0.15, 0.2) is 36.5 Å². The number of aromatic nitrogens is 1. The number of carboxylic acid groups (broad SMARTS) is 1. The molecule has 0 aliphatic carbocycles. The minimum atomic E-state index is -1.11. The van der Waals surface area contributed by atoms with E-state index in [0.717, 1.165) is 0 Å². The largest absolute Gasteiger partial charge is 0.486 e. The number of carboxylic acids is 1. The van der Waals surface area contributed by atoms with Gasteiger partial charge < -0.3 is 9.84 Å². The molecule has 0 bridgehead atoms. The van der Waals surface area contributed by atoms with Gasteiger partial charge in [0.2, 0.25) is 0 Å². The molecule has 0 saturated heterocycles. The zero-order valence-electron chi connectivity index (χ0n) is 10.3. The SMILES string of the molecule is Cc1cccc(OCc2ccnc(C(=O)O)c2)c1F. The maximum Gasteiger partial charge on any atom is 0.354 e. The van der Waals surface area contributed by atoms with E-state index in [-0.39, 0.29) is 18.1 Å². The molecule has 5 heteroatoms. The monoisotopic (exact) mass is 261 g/mol. The summed E-state index contributed by atoms with van der Waals surface area (Å²) < 4.78 is 19.0. The highest BCUT2D eigenvalue weighted by Gasteiger charge is 2.08. The van der Waals surface area contributed by atoms with E-state index < -0.39 is 11.8 Å². The van der Waals surface area contributed by atoms with Gasteiger partial charge in [-0.05, 0) is 36.2 Å². The standard InChI is InChI=1S/C14H12FNO3/c1-9-3-2-4-12(13(9)15)19-8-10-5-6-16-11(7-10)14(17)18/h2-7H,8H2,1H3,(H,17,18). The average Bonchev–Trinajstić information content (AvgIpc) is 2.41. The van der Waals surface area contributed by atoms with Gasteiger partial charge in [0.1, 0.15) is 12.3 Å². The highest BCUT2D eigenvalue weighted by molar-refractivity contribution is 5.85. The molecule has 2 rings (SSSR count). The Labute approximate surface area is 109 Å². The van der Waals surface area contributed by atoms with Crippen molar-refractivity contribution in [1.82, 2.24) is 4.98 Å². The van der Waals surface area contributed by atoms with E-state index in [1.165, 1.54) is 18.3 Å². The molecule has 0 aliphatic heterocycles. The molecule has 0 spiro atoms. The van der Waals surface area contributed by atoms with Crippen LogP contribution in [0.4, 0.5) is 4.39 Å². The van der Waals surface area contributed by atoms with Gasteiger partial charge in [0.25, 0.3) is 0 Å². The Kier molecular flexibility index (Phi) is 3.75. The first-order valence-electron chi connectivity index (χ1n) is 5.64. The van der Waals surface area contributed by atoms with Crippen LogP contribution in [0.25, 0.3) is 0 Å². The van der Waals surface area contributed by atoms with Crippen LogP contribution in [0.5, 0.6) is 5.75 Å². The number of benzene rings is 1. The van der Waals surface area contributed by atoms with Gasteiger partial charge in [-0.1, -0.05) is 12.1 Å². The second kappa shape index (κ2) is 5.48. The van der Waals surface area contributed by atoms with E-state index in [4.69, 9.17) is 9.84 Å². The fraction of sp³-hybridized carbons (Fsp3) is 0.143. The van der Waals surface area contributed by atoms with Gasteiger partial charge in [0, 0.05) is 6.20 Å². The van der Waals surface area contributed by atoms with E-state index >= 15 is 0 Å². The van der Waals surface area contributed by atoms with Crippen LogP contribution in [0.3, 0.4) is 0 Å². The Hall–Kier alpha value is -2.43. The number of hydrogen-bond acceptors (Lipinski definition) is 3. The lowest BCUT2D eigenvalue weighted by Crippen LogP contribution is -2.03. The summed E-state index contributed by atoms with van der Waals surface area (Å²) in [6.45, 7) is 1.74. The Morgan fingerprint density at radius 1 is 1.42 bits per heavy atom. The van der Waals surface area contributed by atoms with Crippen molar-refractivity contribution in [3.8, 4) is 5.75 Å². The molecular formula is C14H12FNO3. The third-order valence-electron chi connectivity index (χ3n) is 2.59. The number of rotatable bonds is 4. The molecule has 1 N–H and O–H groups in total. The fourth-order valence-electron chi connectivity index (χ4n) is 1.57. The van der Waals surface area contributed by atoms with Gasteiger partial charge in [-0.3, -0.25) is 0 Å². The van der Waals surface area contributed by atoms with Crippen molar-refractivity contribution < 1.29 is 19.0 Å². The van der Waals surface area contributed by atoms with Crippen molar-refractivity contribution in [1.29, 1.82) is 0 Å². The Morgan fingerprint density at radius 3 is 2.95 bits per heavy atom. The summed E-state index contributed by atoms with van der Waals surface area (Å²) in [5, 5.41) is 8.81. The Morgan fingerprint density at radius 2 is 2.21 bits per heavy atom. The normalized spacial score (nSPS) is 10.2. The molecule has 0 fully saturated rings. The predicted molar refractivity (Wildman–Crippen MR) is 66.7 cm³/mol. The minimum absolute atomic E-state index is 0.0641. The molecule has 0 aliphatic rings. The third-order valence-corrected chi connectivity index (χ3v) is 2.59. The highest BCUT2D eigenvalue weighted by Crippen LogP contribution is 2.20. The lowest BCUT2D eigenvalue weighted by atomic mass is 10.2. The first-order chi connectivity index (χ1) is 9.08. The topological polar surface area (TPSA) is 59.4 Å². The first-order valence-corrected chi connectivity index (χ1v) is 5.64. The van der Waals surface area contributed by atoms with Crippen LogP contribution < -0.4 is 4.74 Å². The van der Waals surface area contributed by atoms with Crippen molar-refractivity contribution >= 4 is 5.97 Å². The maximum atomic E-state index is 13.7. The molecule has 98 valence electrons. The van der Waals surface area contributed by atoms with Crippen molar-refractivity contribution in [3.63, 3.8) is 0 Å². The second-order valence-corrected chi connectivity index (χ2v) is 4.03. The molecule has 1 aromatic heterocycles. The smallest absolute Gasteiger partial charge is 0.354 e. The molecule has 1 heterocycles. The number of carbonyl (C=O) groups is 1. The molecule has 0 radical (unpaired) electrons. The second-order valence-electron chi connectivity index (χ2n) is 4.03. The van der Waals surface area contributed by atoms with Gasteiger partial charge in [0.15, 0.2) is 11.6 Å². The van der Waals surface area contributed by atoms with Gasteiger partial charge in [0.05, 0.1) is 0 Å². The molecule has 0 saturated carbocycles. The molecule has 4 nitrogen and oxygen atoms in total. The Bertz CT molecular complexity index is 613. The molecule has 0 atom stereocenters. The van der Waals surface area contributed by atoms with Crippen LogP contribution >= 0.6 is 0 Å². The maximum absolute atomic E-state index is 13.7. The van der Waals surface area contributed by atoms with Crippen molar-refractivity contribution in [3.05, 3.63) is 59.2 Å². The highest BCUT2D eigenvalue weighted by atomic mass is 19.1. The lowest BCUT2D eigenvalue weighted by molar-refractivity contribution is 0.0690. The van der Waals surface area contributed by atoms with E-state index in [1.54, 1.807) is 25.1 Å².